The molecule has 0 bridgehead atoms. The van der Waals surface area contributed by atoms with Crippen molar-refractivity contribution in [1.82, 2.24) is 4.90 Å². The Balaban J connectivity index is 1.42. The number of nitrogens with zero attached hydrogens (tertiary/aromatic N) is 1. The van der Waals surface area contributed by atoms with E-state index in [2.05, 4.69) is 72.1 Å². The van der Waals surface area contributed by atoms with Gasteiger partial charge in [0.15, 0.2) is 6.29 Å². The molecule has 0 radical (unpaired) electrons. The summed E-state index contributed by atoms with van der Waals surface area (Å²) in [6.45, 7) is 6.31. The van der Waals surface area contributed by atoms with E-state index in [9.17, 15) is 5.11 Å². The van der Waals surface area contributed by atoms with Crippen LogP contribution in [-0.2, 0) is 22.6 Å². The molecule has 1 aliphatic carbocycles. The van der Waals surface area contributed by atoms with E-state index < -0.39 is 6.29 Å². The van der Waals surface area contributed by atoms with Crippen molar-refractivity contribution in [2.45, 2.75) is 69.8 Å². The van der Waals surface area contributed by atoms with Crippen LogP contribution in [0.4, 0.5) is 0 Å². The van der Waals surface area contributed by atoms with Crippen LogP contribution in [-0.4, -0.2) is 35.2 Å². The predicted molar refractivity (Wildman–Crippen MR) is 152 cm³/mol. The molecule has 3 atom stereocenters. The number of aliphatic hydroxyl groups is 1. The first-order chi connectivity index (χ1) is 18.7. The van der Waals surface area contributed by atoms with E-state index in [0.29, 0.717) is 12.6 Å². The van der Waals surface area contributed by atoms with Gasteiger partial charge in [-0.15, -0.1) is 6.58 Å². The van der Waals surface area contributed by atoms with Crippen molar-refractivity contribution < 1.29 is 14.6 Å². The fraction of sp³-hybridized carbons (Fsp3) is 0.394. The van der Waals surface area contributed by atoms with E-state index in [-0.39, 0.29) is 18.8 Å². The molecule has 3 N–H and O–H groups in total. The fourth-order valence-electron chi connectivity index (χ4n) is 5.85. The predicted octanol–water partition coefficient (Wildman–Crippen LogP) is 6.28. The number of hydrogen-bond donors (Lipinski definition) is 2. The fourth-order valence-corrected chi connectivity index (χ4v) is 5.85. The summed E-state index contributed by atoms with van der Waals surface area (Å²) in [5, 5.41) is 9.51. The topological polar surface area (TPSA) is 68.0 Å². The minimum atomic E-state index is -0.469. The smallest absolute Gasteiger partial charge is 0.184 e. The molecule has 0 amide bonds. The van der Waals surface area contributed by atoms with Crippen molar-refractivity contribution in [3.63, 3.8) is 0 Å². The Morgan fingerprint density at radius 3 is 2.34 bits per heavy atom. The Kier molecular flexibility index (Phi) is 9.05. The number of nitrogens with two attached hydrogens (primary N) is 1. The molecule has 3 aromatic rings. The van der Waals surface area contributed by atoms with Crippen LogP contribution in [0.1, 0.15) is 66.8 Å². The monoisotopic (exact) mass is 512 g/mol. The van der Waals surface area contributed by atoms with Gasteiger partial charge >= 0.3 is 0 Å². The molecule has 0 aromatic heterocycles. The molecule has 200 valence electrons. The largest absolute Gasteiger partial charge is 0.392 e. The first-order valence-electron chi connectivity index (χ1n) is 13.9. The lowest BCUT2D eigenvalue weighted by atomic mass is 9.98. The van der Waals surface area contributed by atoms with Crippen LogP contribution < -0.4 is 5.73 Å². The summed E-state index contributed by atoms with van der Waals surface area (Å²) in [7, 11) is 0. The van der Waals surface area contributed by atoms with Crippen LogP contribution in [0.5, 0.6) is 0 Å². The quantitative estimate of drug-likeness (QED) is 0.313. The maximum Gasteiger partial charge on any atom is 0.184 e. The Bertz CT molecular complexity index is 1190. The molecule has 1 saturated carbocycles. The Hall–Kier alpha value is -2.80. The van der Waals surface area contributed by atoms with Crippen LogP contribution in [0.25, 0.3) is 11.1 Å². The molecule has 3 unspecified atom stereocenters. The van der Waals surface area contributed by atoms with Crippen molar-refractivity contribution in [2.75, 3.05) is 13.1 Å². The van der Waals surface area contributed by atoms with Crippen LogP contribution in [0.2, 0.25) is 0 Å². The van der Waals surface area contributed by atoms with Gasteiger partial charge in [0.2, 0.25) is 0 Å². The minimum Gasteiger partial charge on any atom is -0.392 e. The van der Waals surface area contributed by atoms with E-state index in [0.717, 1.165) is 52.9 Å². The summed E-state index contributed by atoms with van der Waals surface area (Å²) in [5.74, 6) is 0. The molecule has 5 heteroatoms. The van der Waals surface area contributed by atoms with Crippen LogP contribution in [0, 0.1) is 0 Å². The van der Waals surface area contributed by atoms with Crippen molar-refractivity contribution >= 4 is 0 Å². The van der Waals surface area contributed by atoms with Gasteiger partial charge in [-0.25, -0.2) is 0 Å². The lowest BCUT2D eigenvalue weighted by Gasteiger charge is -2.39. The summed E-state index contributed by atoms with van der Waals surface area (Å²) in [5.41, 5.74) is 12.3. The van der Waals surface area contributed by atoms with Gasteiger partial charge in [-0.2, -0.15) is 0 Å². The molecule has 2 aliphatic rings. The first-order valence-corrected chi connectivity index (χ1v) is 13.9. The molecule has 2 fully saturated rings. The average molecular weight is 513 g/mol. The number of hydrogen-bond acceptors (Lipinski definition) is 5. The molecular weight excluding hydrogens is 472 g/mol. The SMILES string of the molecule is C=CCN(CC1CC(c2ccc(CO)cc2)OC(c2cccc(-c3cccc(CN)c3)c2)O1)C1CCCC1. The maximum absolute atomic E-state index is 9.51. The van der Waals surface area contributed by atoms with Crippen LogP contribution in [0.3, 0.4) is 0 Å². The zero-order valence-electron chi connectivity index (χ0n) is 22.2. The second-order valence-corrected chi connectivity index (χ2v) is 10.6. The highest BCUT2D eigenvalue weighted by molar-refractivity contribution is 5.65. The third-order valence-electron chi connectivity index (χ3n) is 7.91. The standard InChI is InChI=1S/C33H40N2O3/c1-2-17-35(30-11-3-4-12-30)22-31-20-32(26-15-13-24(23-36)14-16-26)38-33(37-31)29-10-6-9-28(19-29)27-8-5-7-25(18-27)21-34/h2,5-10,13-16,18-19,30-33,36H,1,3-4,11-12,17,20-23,34H2. The zero-order valence-corrected chi connectivity index (χ0v) is 22.2. The molecule has 1 heterocycles. The molecular formula is C33H40N2O3. The van der Waals surface area contributed by atoms with E-state index in [1.54, 1.807) is 0 Å². The lowest BCUT2D eigenvalue weighted by Crippen LogP contribution is -2.43. The van der Waals surface area contributed by atoms with Crippen molar-refractivity contribution in [3.05, 3.63) is 108 Å². The van der Waals surface area contributed by atoms with Crippen molar-refractivity contribution in [1.29, 1.82) is 0 Å². The zero-order chi connectivity index (χ0) is 26.3. The van der Waals surface area contributed by atoms with Crippen LogP contribution >= 0.6 is 0 Å². The number of ether oxygens (including phenoxy) is 2. The molecule has 38 heavy (non-hydrogen) atoms. The third kappa shape index (κ3) is 6.42. The summed E-state index contributed by atoms with van der Waals surface area (Å²) in [6, 6.07) is 25.5. The maximum atomic E-state index is 9.51. The highest BCUT2D eigenvalue weighted by atomic mass is 16.7. The Morgan fingerprint density at radius 2 is 1.63 bits per heavy atom. The van der Waals surface area contributed by atoms with Crippen LogP contribution in [0.15, 0.2) is 85.5 Å². The van der Waals surface area contributed by atoms with E-state index in [4.69, 9.17) is 15.2 Å². The van der Waals surface area contributed by atoms with Gasteiger partial charge in [0.25, 0.3) is 0 Å². The van der Waals surface area contributed by atoms with Gasteiger partial charge in [0.05, 0.1) is 18.8 Å². The van der Waals surface area contributed by atoms with Gasteiger partial charge in [-0.1, -0.05) is 79.6 Å². The molecule has 1 aliphatic heterocycles. The normalized spacial score (nSPS) is 22.1. The summed E-state index contributed by atoms with van der Waals surface area (Å²) >= 11 is 0. The number of aliphatic hydroxyl groups excluding tert-OH is 1. The second-order valence-electron chi connectivity index (χ2n) is 10.6. The average Bonchev–Trinajstić information content (AvgIpc) is 3.52. The second kappa shape index (κ2) is 12.8. The number of rotatable bonds is 10. The van der Waals surface area contributed by atoms with Gasteiger partial charge in [-0.3, -0.25) is 4.90 Å². The summed E-state index contributed by atoms with van der Waals surface area (Å²) in [4.78, 5) is 2.55. The van der Waals surface area contributed by atoms with Gasteiger partial charge in [-0.05, 0) is 52.8 Å². The minimum absolute atomic E-state index is 0.0287. The molecule has 3 aromatic carbocycles. The summed E-state index contributed by atoms with van der Waals surface area (Å²) in [6.07, 6.45) is 7.36. The highest BCUT2D eigenvalue weighted by Gasteiger charge is 2.34. The lowest BCUT2D eigenvalue weighted by molar-refractivity contribution is -0.253. The Labute approximate surface area is 226 Å². The number of benzene rings is 3. The highest BCUT2D eigenvalue weighted by Crippen LogP contribution is 2.39. The van der Waals surface area contributed by atoms with E-state index in [1.807, 2.05) is 18.2 Å². The van der Waals surface area contributed by atoms with E-state index >= 15 is 0 Å². The molecule has 5 rings (SSSR count). The molecule has 0 spiro atoms. The van der Waals surface area contributed by atoms with Crippen molar-refractivity contribution in [2.24, 2.45) is 5.73 Å². The Morgan fingerprint density at radius 1 is 0.895 bits per heavy atom. The third-order valence-corrected chi connectivity index (χ3v) is 7.91. The molecule has 1 saturated heterocycles. The van der Waals surface area contributed by atoms with Gasteiger partial charge in [0, 0.05) is 37.7 Å². The van der Waals surface area contributed by atoms with E-state index in [1.165, 1.54) is 25.7 Å². The van der Waals surface area contributed by atoms with Gasteiger partial charge < -0.3 is 20.3 Å². The summed E-state index contributed by atoms with van der Waals surface area (Å²) < 4.78 is 13.3. The molecule has 5 nitrogen and oxygen atoms in total. The van der Waals surface area contributed by atoms with Crippen molar-refractivity contribution in [3.8, 4) is 11.1 Å². The van der Waals surface area contributed by atoms with Gasteiger partial charge in [0.1, 0.15) is 0 Å². The first kappa shape index (κ1) is 26.8.